The lowest BCUT2D eigenvalue weighted by Crippen LogP contribution is -2.51. The Labute approximate surface area is 138 Å². The molecule has 2 saturated heterocycles. The van der Waals surface area contributed by atoms with Crippen LogP contribution in [0.5, 0.6) is 0 Å². The van der Waals surface area contributed by atoms with Crippen LogP contribution in [0.25, 0.3) is 0 Å². The van der Waals surface area contributed by atoms with Crippen LogP contribution < -0.4 is 4.90 Å². The molecule has 3 heterocycles. The lowest BCUT2D eigenvalue weighted by molar-refractivity contribution is -0.135. The second-order valence-electron chi connectivity index (χ2n) is 7.72. The lowest BCUT2D eigenvalue weighted by Gasteiger charge is -2.47. The van der Waals surface area contributed by atoms with Crippen LogP contribution in [-0.2, 0) is 4.79 Å². The van der Waals surface area contributed by atoms with Gasteiger partial charge in [-0.15, -0.1) is 0 Å². The van der Waals surface area contributed by atoms with E-state index in [9.17, 15) is 4.79 Å². The molecular weight excluding hydrogens is 288 g/mol. The van der Waals surface area contributed by atoms with E-state index in [0.717, 1.165) is 51.4 Å². The average Bonchev–Trinajstić information content (AvgIpc) is 3.33. The minimum absolute atomic E-state index is 0.324. The summed E-state index contributed by atoms with van der Waals surface area (Å²) < 4.78 is 0. The highest BCUT2D eigenvalue weighted by molar-refractivity contribution is 5.81. The third kappa shape index (κ3) is 2.93. The van der Waals surface area contributed by atoms with E-state index < -0.39 is 0 Å². The number of aromatic nitrogens is 2. The second-order valence-corrected chi connectivity index (χ2v) is 7.72. The summed E-state index contributed by atoms with van der Waals surface area (Å²) in [6.45, 7) is 6.15. The van der Waals surface area contributed by atoms with Gasteiger partial charge in [-0.1, -0.05) is 6.92 Å². The van der Waals surface area contributed by atoms with Gasteiger partial charge in [0.15, 0.2) is 0 Å². The number of anilines is 1. The van der Waals surface area contributed by atoms with Gasteiger partial charge in [0.05, 0.1) is 0 Å². The van der Waals surface area contributed by atoms with Crippen LogP contribution in [0.4, 0.5) is 5.95 Å². The third-order valence-electron chi connectivity index (χ3n) is 6.06. The Hall–Kier alpha value is -1.65. The van der Waals surface area contributed by atoms with Crippen molar-refractivity contribution in [1.29, 1.82) is 0 Å². The number of amides is 1. The van der Waals surface area contributed by atoms with E-state index >= 15 is 0 Å². The van der Waals surface area contributed by atoms with Gasteiger partial charge in [-0.3, -0.25) is 4.79 Å². The summed E-state index contributed by atoms with van der Waals surface area (Å²) in [6, 6.07) is 1.87. The fourth-order valence-corrected chi connectivity index (χ4v) is 4.34. The summed E-state index contributed by atoms with van der Waals surface area (Å²) in [4.78, 5) is 25.7. The first-order valence-electron chi connectivity index (χ1n) is 8.98. The molecule has 1 aliphatic carbocycles. The number of likely N-dealkylation sites (tertiary alicyclic amines) is 1. The number of rotatable bonds is 2. The quantitative estimate of drug-likeness (QED) is 0.841. The Balaban J connectivity index is 1.39. The molecule has 0 unspecified atom stereocenters. The minimum atomic E-state index is 0.324. The van der Waals surface area contributed by atoms with Crippen molar-refractivity contribution in [2.45, 2.75) is 39.0 Å². The van der Waals surface area contributed by atoms with E-state index in [1.54, 1.807) is 0 Å². The maximum atomic E-state index is 12.4. The summed E-state index contributed by atoms with van der Waals surface area (Å²) in [5, 5.41) is 0. The molecule has 124 valence electrons. The predicted octanol–water partition coefficient (Wildman–Crippen LogP) is 2.34. The Bertz CT molecular complexity index is 568. The average molecular weight is 314 g/mol. The second kappa shape index (κ2) is 5.77. The molecule has 3 aliphatic rings. The molecule has 2 atom stereocenters. The molecule has 1 amide bonds. The normalized spacial score (nSPS) is 29.6. The highest BCUT2D eigenvalue weighted by atomic mass is 16.2. The van der Waals surface area contributed by atoms with Crippen molar-refractivity contribution in [3.05, 3.63) is 18.5 Å². The van der Waals surface area contributed by atoms with Crippen LogP contribution >= 0.6 is 0 Å². The first kappa shape index (κ1) is 14.9. The summed E-state index contributed by atoms with van der Waals surface area (Å²) in [6.07, 6.45) is 9.47. The summed E-state index contributed by atoms with van der Waals surface area (Å²) in [7, 11) is 0. The Morgan fingerprint density at radius 1 is 1.17 bits per heavy atom. The summed E-state index contributed by atoms with van der Waals surface area (Å²) in [5.74, 6) is 2.20. The van der Waals surface area contributed by atoms with Gasteiger partial charge in [-0.25, -0.2) is 9.97 Å². The van der Waals surface area contributed by atoms with Gasteiger partial charge >= 0.3 is 0 Å². The lowest BCUT2D eigenvalue weighted by atomic mass is 9.72. The fraction of sp³-hybridized carbons (Fsp3) is 0.722. The van der Waals surface area contributed by atoms with Crippen molar-refractivity contribution in [3.8, 4) is 0 Å². The summed E-state index contributed by atoms with van der Waals surface area (Å²) in [5.41, 5.74) is 0.351. The van der Waals surface area contributed by atoms with E-state index in [0.29, 0.717) is 23.2 Å². The number of carbonyl (C=O) groups is 1. The van der Waals surface area contributed by atoms with Crippen molar-refractivity contribution < 1.29 is 4.79 Å². The monoisotopic (exact) mass is 314 g/mol. The molecule has 2 aliphatic heterocycles. The standard InChI is InChI=1S/C18H26N4O/c1-14-12-15(14)16(23)21-10-5-18(6-11-21)4-2-9-22(13-18)17-19-7-3-8-20-17/h3,7-8,14-15H,2,4-6,9-13H2,1H3/t14-,15+/m1/s1. The highest BCUT2D eigenvalue weighted by Gasteiger charge is 2.45. The Morgan fingerprint density at radius 3 is 2.52 bits per heavy atom. The molecule has 0 aromatic carbocycles. The van der Waals surface area contributed by atoms with Crippen molar-refractivity contribution in [1.82, 2.24) is 14.9 Å². The molecule has 1 saturated carbocycles. The van der Waals surface area contributed by atoms with Gasteiger partial charge in [-0.2, -0.15) is 0 Å². The smallest absolute Gasteiger partial charge is 0.225 e. The van der Waals surface area contributed by atoms with Crippen molar-refractivity contribution in [2.24, 2.45) is 17.3 Å². The molecular formula is C18H26N4O. The van der Waals surface area contributed by atoms with Crippen LogP contribution in [0, 0.1) is 17.3 Å². The zero-order valence-corrected chi connectivity index (χ0v) is 13.9. The zero-order valence-electron chi connectivity index (χ0n) is 13.9. The molecule has 0 radical (unpaired) electrons. The number of piperidine rings is 2. The van der Waals surface area contributed by atoms with E-state index in [-0.39, 0.29) is 0 Å². The van der Waals surface area contributed by atoms with E-state index in [1.165, 1.54) is 12.8 Å². The van der Waals surface area contributed by atoms with Crippen molar-refractivity contribution in [2.75, 3.05) is 31.1 Å². The minimum Gasteiger partial charge on any atom is -0.342 e. The largest absolute Gasteiger partial charge is 0.342 e. The van der Waals surface area contributed by atoms with Gasteiger partial charge < -0.3 is 9.80 Å². The first-order valence-corrected chi connectivity index (χ1v) is 8.98. The fourth-order valence-electron chi connectivity index (χ4n) is 4.34. The predicted molar refractivity (Wildman–Crippen MR) is 89.0 cm³/mol. The maximum Gasteiger partial charge on any atom is 0.225 e. The molecule has 5 nitrogen and oxygen atoms in total. The van der Waals surface area contributed by atoms with E-state index in [1.807, 2.05) is 18.5 Å². The van der Waals surface area contributed by atoms with Gasteiger partial charge in [0.1, 0.15) is 0 Å². The zero-order chi connectivity index (χ0) is 15.9. The third-order valence-corrected chi connectivity index (χ3v) is 6.06. The van der Waals surface area contributed by atoms with Gasteiger partial charge in [0.2, 0.25) is 11.9 Å². The van der Waals surface area contributed by atoms with Crippen LogP contribution in [0.2, 0.25) is 0 Å². The molecule has 0 N–H and O–H groups in total. The van der Waals surface area contributed by atoms with E-state index in [2.05, 4.69) is 26.7 Å². The topological polar surface area (TPSA) is 49.3 Å². The van der Waals surface area contributed by atoms with E-state index in [4.69, 9.17) is 0 Å². The highest BCUT2D eigenvalue weighted by Crippen LogP contribution is 2.43. The Morgan fingerprint density at radius 2 is 1.87 bits per heavy atom. The number of hydrogen-bond donors (Lipinski definition) is 0. The van der Waals surface area contributed by atoms with Gasteiger partial charge in [0, 0.05) is 44.5 Å². The van der Waals surface area contributed by atoms with Crippen LogP contribution in [-0.4, -0.2) is 47.0 Å². The molecule has 23 heavy (non-hydrogen) atoms. The molecule has 1 aromatic heterocycles. The summed E-state index contributed by atoms with van der Waals surface area (Å²) >= 11 is 0. The van der Waals surface area contributed by atoms with Crippen molar-refractivity contribution in [3.63, 3.8) is 0 Å². The molecule has 1 aromatic rings. The van der Waals surface area contributed by atoms with Gasteiger partial charge in [-0.05, 0) is 49.5 Å². The number of carbonyl (C=O) groups excluding carboxylic acids is 1. The molecule has 0 bridgehead atoms. The van der Waals surface area contributed by atoms with Crippen molar-refractivity contribution >= 4 is 11.9 Å². The number of nitrogens with zero attached hydrogens (tertiary/aromatic N) is 4. The maximum absolute atomic E-state index is 12.4. The molecule has 4 rings (SSSR count). The number of hydrogen-bond acceptors (Lipinski definition) is 4. The van der Waals surface area contributed by atoms with Gasteiger partial charge in [0.25, 0.3) is 0 Å². The first-order chi connectivity index (χ1) is 11.2. The van der Waals surface area contributed by atoms with Crippen LogP contribution in [0.15, 0.2) is 18.5 Å². The van der Waals surface area contributed by atoms with Crippen LogP contribution in [0.1, 0.15) is 39.0 Å². The molecule has 3 fully saturated rings. The Kier molecular flexibility index (Phi) is 3.74. The van der Waals surface area contributed by atoms with Crippen LogP contribution in [0.3, 0.4) is 0 Å². The SMILES string of the molecule is C[C@@H]1C[C@@H]1C(=O)N1CCC2(CCCN(c3ncccn3)C2)CC1. The molecule has 5 heteroatoms. The molecule has 1 spiro atoms.